The Balaban J connectivity index is 1.86. The molecule has 2 rings (SSSR count). The van der Waals surface area contributed by atoms with Gasteiger partial charge in [-0.3, -0.25) is 4.79 Å². The van der Waals surface area contributed by atoms with E-state index >= 15 is 0 Å². The van der Waals surface area contributed by atoms with Crippen LogP contribution in [0.4, 0.5) is 0 Å². The molecule has 0 N–H and O–H groups in total. The summed E-state index contributed by atoms with van der Waals surface area (Å²) >= 11 is 0. The Labute approximate surface area is 114 Å². The first-order chi connectivity index (χ1) is 9.09. The zero-order chi connectivity index (χ0) is 13.8. The third-order valence-electron chi connectivity index (χ3n) is 3.65. The highest BCUT2D eigenvalue weighted by atomic mass is 16.3. The van der Waals surface area contributed by atoms with E-state index in [4.69, 9.17) is 0 Å². The van der Waals surface area contributed by atoms with Crippen LogP contribution in [-0.2, 0) is 4.79 Å². The summed E-state index contributed by atoms with van der Waals surface area (Å²) < 4.78 is 0. The van der Waals surface area contributed by atoms with Gasteiger partial charge in [-0.2, -0.15) is 0 Å². The van der Waals surface area contributed by atoms with Crippen molar-refractivity contribution in [2.24, 2.45) is 5.92 Å². The molecule has 2 heteroatoms. The summed E-state index contributed by atoms with van der Waals surface area (Å²) in [5, 5.41) is 11.4. The Hall–Kier alpha value is -1.83. The zero-order valence-electron chi connectivity index (χ0n) is 11.5. The second-order valence-corrected chi connectivity index (χ2v) is 5.09. The van der Waals surface area contributed by atoms with Crippen molar-refractivity contribution in [2.45, 2.75) is 33.1 Å². The first-order valence-corrected chi connectivity index (χ1v) is 6.73. The van der Waals surface area contributed by atoms with Gasteiger partial charge in [0.05, 0.1) is 5.92 Å². The second-order valence-electron chi connectivity index (χ2n) is 5.09. The highest BCUT2D eigenvalue weighted by Crippen LogP contribution is 2.29. The van der Waals surface area contributed by atoms with Crippen molar-refractivity contribution >= 4 is 5.78 Å². The van der Waals surface area contributed by atoms with Crippen LogP contribution in [0.5, 0.6) is 0 Å². The van der Waals surface area contributed by atoms with E-state index in [1.807, 2.05) is 36.5 Å². The van der Waals surface area contributed by atoms with Crippen LogP contribution in [0.15, 0.2) is 58.9 Å². The number of hydrogen-bond donors (Lipinski definition) is 0. The number of carbonyl (C=O) groups is 1. The summed E-state index contributed by atoms with van der Waals surface area (Å²) in [7, 11) is 0. The SMILES string of the molecule is CC(=O)C1C=CC=C1CCCC1=CC=CC1=C(C)[O-]. The molecular formula is C17H19O2-. The molecule has 0 aromatic rings. The first-order valence-electron chi connectivity index (χ1n) is 6.73. The van der Waals surface area contributed by atoms with E-state index in [0.29, 0.717) is 0 Å². The number of carbonyl (C=O) groups excluding carboxylic acids is 1. The van der Waals surface area contributed by atoms with Crippen LogP contribution in [0.3, 0.4) is 0 Å². The van der Waals surface area contributed by atoms with Crippen LogP contribution in [0.25, 0.3) is 0 Å². The predicted octanol–water partition coefficient (Wildman–Crippen LogP) is 2.99. The van der Waals surface area contributed by atoms with E-state index < -0.39 is 0 Å². The van der Waals surface area contributed by atoms with Crippen molar-refractivity contribution < 1.29 is 9.90 Å². The molecule has 0 spiro atoms. The molecule has 2 aliphatic carbocycles. The van der Waals surface area contributed by atoms with E-state index in [9.17, 15) is 9.90 Å². The van der Waals surface area contributed by atoms with E-state index in [1.165, 1.54) is 5.57 Å². The van der Waals surface area contributed by atoms with Gasteiger partial charge in [0.15, 0.2) is 0 Å². The van der Waals surface area contributed by atoms with Gasteiger partial charge < -0.3 is 5.11 Å². The van der Waals surface area contributed by atoms with E-state index in [0.717, 1.165) is 30.4 Å². The van der Waals surface area contributed by atoms with Gasteiger partial charge in [0.2, 0.25) is 0 Å². The third kappa shape index (κ3) is 3.14. The molecule has 100 valence electrons. The smallest absolute Gasteiger partial charge is 0.140 e. The Kier molecular flexibility index (Phi) is 4.20. The predicted molar refractivity (Wildman–Crippen MR) is 75.2 cm³/mol. The van der Waals surface area contributed by atoms with Crippen molar-refractivity contribution in [1.29, 1.82) is 0 Å². The molecule has 2 aliphatic rings. The molecular weight excluding hydrogens is 236 g/mol. The van der Waals surface area contributed by atoms with Crippen LogP contribution < -0.4 is 5.11 Å². The first kappa shape index (κ1) is 13.6. The van der Waals surface area contributed by atoms with Crippen LogP contribution >= 0.6 is 0 Å². The number of hydrogen-bond acceptors (Lipinski definition) is 2. The molecule has 0 fully saturated rings. The largest absolute Gasteiger partial charge is 0.875 e. The maximum absolute atomic E-state index is 11.5. The van der Waals surface area contributed by atoms with Crippen LogP contribution in [-0.4, -0.2) is 5.78 Å². The highest BCUT2D eigenvalue weighted by molar-refractivity contribution is 5.84. The zero-order valence-corrected chi connectivity index (χ0v) is 11.5. The Bertz CT molecular complexity index is 523. The summed E-state index contributed by atoms with van der Waals surface area (Å²) in [5.41, 5.74) is 3.16. The fourth-order valence-electron chi connectivity index (χ4n) is 2.65. The lowest BCUT2D eigenvalue weighted by molar-refractivity contribution is -0.302. The quantitative estimate of drug-likeness (QED) is 0.708. The van der Waals surface area contributed by atoms with Gasteiger partial charge in [0.1, 0.15) is 5.78 Å². The molecule has 0 aliphatic heterocycles. The molecule has 0 saturated heterocycles. The molecule has 0 aromatic carbocycles. The lowest BCUT2D eigenvalue weighted by atomic mass is 9.93. The van der Waals surface area contributed by atoms with E-state index in [-0.39, 0.29) is 17.5 Å². The molecule has 2 nitrogen and oxygen atoms in total. The monoisotopic (exact) mass is 255 g/mol. The molecule has 0 bridgehead atoms. The average Bonchev–Trinajstić information content (AvgIpc) is 2.96. The van der Waals surface area contributed by atoms with Crippen molar-refractivity contribution in [2.75, 3.05) is 0 Å². The minimum atomic E-state index is -0.0214. The molecule has 0 radical (unpaired) electrons. The van der Waals surface area contributed by atoms with Gasteiger partial charge in [-0.25, -0.2) is 0 Å². The summed E-state index contributed by atoms with van der Waals surface area (Å²) in [4.78, 5) is 11.5. The van der Waals surface area contributed by atoms with Crippen molar-refractivity contribution in [1.82, 2.24) is 0 Å². The number of Topliss-reactive ketones (excluding diaryl/α,β-unsaturated/α-hetero) is 1. The van der Waals surface area contributed by atoms with Gasteiger partial charge >= 0.3 is 0 Å². The van der Waals surface area contributed by atoms with E-state index in [2.05, 4.69) is 0 Å². The molecule has 0 heterocycles. The molecule has 1 unspecified atom stereocenters. The Morgan fingerprint density at radius 3 is 2.68 bits per heavy atom. The number of allylic oxidation sites excluding steroid dienone is 10. The fourth-order valence-corrected chi connectivity index (χ4v) is 2.65. The maximum Gasteiger partial charge on any atom is 0.140 e. The number of rotatable bonds is 5. The summed E-state index contributed by atoms with van der Waals surface area (Å²) in [6, 6.07) is 0. The topological polar surface area (TPSA) is 40.1 Å². The molecule has 19 heavy (non-hydrogen) atoms. The molecule has 0 aromatic heterocycles. The second kappa shape index (κ2) is 5.87. The maximum atomic E-state index is 11.5. The summed E-state index contributed by atoms with van der Waals surface area (Å²) in [6.45, 7) is 3.24. The van der Waals surface area contributed by atoms with Gasteiger partial charge in [-0.15, -0.1) is 5.76 Å². The minimum Gasteiger partial charge on any atom is -0.875 e. The highest BCUT2D eigenvalue weighted by Gasteiger charge is 2.18. The van der Waals surface area contributed by atoms with Crippen molar-refractivity contribution in [3.63, 3.8) is 0 Å². The van der Waals surface area contributed by atoms with Gasteiger partial charge in [0.25, 0.3) is 0 Å². The Morgan fingerprint density at radius 2 is 2.00 bits per heavy atom. The van der Waals surface area contributed by atoms with Gasteiger partial charge in [-0.1, -0.05) is 49.0 Å². The molecule has 1 atom stereocenters. The normalized spacial score (nSPS) is 23.6. The Morgan fingerprint density at radius 1 is 1.21 bits per heavy atom. The van der Waals surface area contributed by atoms with Crippen LogP contribution in [0.2, 0.25) is 0 Å². The standard InChI is InChI=1S/C17H20O2/c1-12(18)16-10-4-8-14(16)6-3-7-15-9-5-11-17(15)13(2)19/h4-5,8-11,16,19H,3,6-7H2,1-2H3/p-1. The third-order valence-corrected chi connectivity index (χ3v) is 3.65. The minimum absolute atomic E-state index is 0.0214. The van der Waals surface area contributed by atoms with Crippen molar-refractivity contribution in [3.05, 3.63) is 58.9 Å². The molecule has 0 saturated carbocycles. The van der Waals surface area contributed by atoms with Gasteiger partial charge in [0, 0.05) is 0 Å². The van der Waals surface area contributed by atoms with Crippen molar-refractivity contribution in [3.8, 4) is 0 Å². The lowest BCUT2D eigenvalue weighted by Gasteiger charge is -2.14. The van der Waals surface area contributed by atoms with Crippen LogP contribution in [0, 0.1) is 5.92 Å². The van der Waals surface area contributed by atoms with E-state index in [1.54, 1.807) is 13.8 Å². The fraction of sp³-hybridized carbons (Fsp3) is 0.353. The number of ketones is 1. The van der Waals surface area contributed by atoms with Crippen LogP contribution in [0.1, 0.15) is 33.1 Å². The lowest BCUT2D eigenvalue weighted by Crippen LogP contribution is -2.09. The molecule has 0 amide bonds. The average molecular weight is 255 g/mol. The summed E-state index contributed by atoms with van der Waals surface area (Å²) in [6.07, 6.45) is 14.6. The summed E-state index contributed by atoms with van der Waals surface area (Å²) in [5.74, 6) is 0.313. The van der Waals surface area contributed by atoms with Gasteiger partial charge in [-0.05, 0) is 37.3 Å².